The van der Waals surface area contributed by atoms with Crippen LogP contribution in [0.3, 0.4) is 0 Å². The van der Waals surface area contributed by atoms with E-state index in [2.05, 4.69) is 62.7 Å². The SMILES string of the molecule is CC(=O)N1C[C@@H]2C(C(C)(C)CC3CCCN(c4ccc(C(C)(C)C)cn4)C3)[C@@H]2C1. The van der Waals surface area contributed by atoms with Gasteiger partial charge < -0.3 is 9.80 Å². The molecule has 4 heteroatoms. The van der Waals surface area contributed by atoms with Crippen molar-refractivity contribution in [2.45, 2.75) is 66.2 Å². The summed E-state index contributed by atoms with van der Waals surface area (Å²) in [5.41, 5.74) is 1.83. The van der Waals surface area contributed by atoms with E-state index in [-0.39, 0.29) is 11.3 Å². The number of fused-ring (bicyclic) bond motifs is 1. The molecule has 0 N–H and O–H groups in total. The van der Waals surface area contributed by atoms with Crippen LogP contribution in [0.4, 0.5) is 5.82 Å². The summed E-state index contributed by atoms with van der Waals surface area (Å²) in [6.45, 7) is 17.6. The molecule has 4 atom stereocenters. The van der Waals surface area contributed by atoms with Crippen molar-refractivity contribution in [2.75, 3.05) is 31.1 Å². The highest BCUT2D eigenvalue weighted by Gasteiger charge is 2.61. The van der Waals surface area contributed by atoms with Crippen molar-refractivity contribution < 1.29 is 4.79 Å². The van der Waals surface area contributed by atoms with Crippen molar-refractivity contribution in [3.63, 3.8) is 0 Å². The molecule has 0 spiro atoms. The number of hydrogen-bond donors (Lipinski definition) is 0. The van der Waals surface area contributed by atoms with Gasteiger partial charge in [-0.1, -0.05) is 40.7 Å². The van der Waals surface area contributed by atoms with E-state index in [9.17, 15) is 4.79 Å². The van der Waals surface area contributed by atoms with Crippen LogP contribution in [-0.2, 0) is 10.2 Å². The maximum Gasteiger partial charge on any atom is 0.219 e. The number of piperidine rings is 2. The van der Waals surface area contributed by atoms with Crippen LogP contribution in [0.2, 0.25) is 0 Å². The van der Waals surface area contributed by atoms with Gasteiger partial charge in [0.15, 0.2) is 0 Å². The van der Waals surface area contributed by atoms with Crippen molar-refractivity contribution in [2.24, 2.45) is 29.1 Å². The fourth-order valence-electron chi connectivity index (χ4n) is 6.28. The second-order valence-electron chi connectivity index (χ2n) is 11.6. The van der Waals surface area contributed by atoms with Crippen molar-refractivity contribution in [3.05, 3.63) is 23.9 Å². The minimum atomic E-state index is 0.153. The molecule has 4 nitrogen and oxygen atoms in total. The monoisotopic (exact) mass is 397 g/mol. The minimum absolute atomic E-state index is 0.153. The Kier molecular flexibility index (Phi) is 5.19. The molecule has 29 heavy (non-hydrogen) atoms. The molecule has 3 heterocycles. The van der Waals surface area contributed by atoms with Gasteiger partial charge in [-0.3, -0.25) is 4.79 Å². The molecule has 1 aliphatic carbocycles. The first-order valence-electron chi connectivity index (χ1n) is 11.5. The lowest BCUT2D eigenvalue weighted by molar-refractivity contribution is -0.128. The number of hydrogen-bond acceptors (Lipinski definition) is 3. The van der Waals surface area contributed by atoms with Crippen LogP contribution in [0.15, 0.2) is 18.3 Å². The van der Waals surface area contributed by atoms with Crippen molar-refractivity contribution >= 4 is 11.7 Å². The van der Waals surface area contributed by atoms with E-state index in [1.807, 2.05) is 0 Å². The van der Waals surface area contributed by atoms with Crippen molar-refractivity contribution in [3.8, 4) is 0 Å². The molecule has 3 fully saturated rings. The van der Waals surface area contributed by atoms with E-state index in [0.29, 0.717) is 5.41 Å². The van der Waals surface area contributed by atoms with E-state index in [1.165, 1.54) is 24.8 Å². The second-order valence-corrected chi connectivity index (χ2v) is 11.6. The number of likely N-dealkylation sites (tertiary alicyclic amines) is 1. The number of carbonyl (C=O) groups is 1. The molecule has 1 saturated carbocycles. The van der Waals surface area contributed by atoms with E-state index in [0.717, 1.165) is 55.7 Å². The predicted octanol–water partition coefficient (Wildman–Crippen LogP) is 4.74. The molecule has 4 rings (SSSR count). The van der Waals surface area contributed by atoms with E-state index >= 15 is 0 Å². The van der Waals surface area contributed by atoms with Gasteiger partial charge in [-0.25, -0.2) is 4.98 Å². The van der Waals surface area contributed by atoms with Gasteiger partial charge in [-0.05, 0) is 65.4 Å². The Hall–Kier alpha value is -1.58. The molecule has 160 valence electrons. The summed E-state index contributed by atoms with van der Waals surface area (Å²) < 4.78 is 0. The lowest BCUT2D eigenvalue weighted by atomic mass is 9.75. The average Bonchev–Trinajstić information content (AvgIpc) is 3.18. The lowest BCUT2D eigenvalue weighted by Crippen LogP contribution is -2.39. The average molecular weight is 398 g/mol. The summed E-state index contributed by atoms with van der Waals surface area (Å²) in [6, 6.07) is 4.47. The second kappa shape index (κ2) is 7.28. The van der Waals surface area contributed by atoms with Gasteiger partial charge in [0.1, 0.15) is 5.82 Å². The summed E-state index contributed by atoms with van der Waals surface area (Å²) in [6.07, 6.45) is 5.96. The largest absolute Gasteiger partial charge is 0.356 e. The number of rotatable bonds is 4. The third-order valence-electron chi connectivity index (χ3n) is 7.81. The summed E-state index contributed by atoms with van der Waals surface area (Å²) in [7, 11) is 0. The van der Waals surface area contributed by atoms with Gasteiger partial charge >= 0.3 is 0 Å². The molecule has 0 radical (unpaired) electrons. The summed E-state index contributed by atoms with van der Waals surface area (Å²) in [5, 5.41) is 0. The number of anilines is 1. The Labute approximate surface area is 177 Å². The standard InChI is InChI=1S/C25H39N3O/c1-17(29)28-15-20-21(16-28)23(20)25(5,6)12-18-8-7-11-27(14-18)22-10-9-19(13-26-22)24(2,3)4/h9-10,13,18,20-21,23H,7-8,11-12,14-16H2,1-6H3/t18?,20-,21+,23?. The van der Waals surface area contributed by atoms with E-state index in [4.69, 9.17) is 4.98 Å². The number of amides is 1. The highest BCUT2D eigenvalue weighted by molar-refractivity contribution is 5.73. The number of carbonyl (C=O) groups excluding carboxylic acids is 1. The maximum absolute atomic E-state index is 11.6. The Morgan fingerprint density at radius 1 is 1.10 bits per heavy atom. The van der Waals surface area contributed by atoms with Gasteiger partial charge in [0, 0.05) is 39.3 Å². The number of pyridine rings is 1. The molecule has 0 bridgehead atoms. The first kappa shape index (κ1) is 20.7. The van der Waals surface area contributed by atoms with Gasteiger partial charge in [-0.15, -0.1) is 0 Å². The molecule has 1 aromatic heterocycles. The molecule has 3 aliphatic rings. The summed E-state index contributed by atoms with van der Waals surface area (Å²) >= 11 is 0. The third kappa shape index (κ3) is 4.18. The minimum Gasteiger partial charge on any atom is -0.356 e. The van der Waals surface area contributed by atoms with Crippen LogP contribution >= 0.6 is 0 Å². The smallest absolute Gasteiger partial charge is 0.219 e. The van der Waals surface area contributed by atoms with Crippen LogP contribution < -0.4 is 4.90 Å². The highest BCUT2D eigenvalue weighted by Crippen LogP contribution is 2.61. The van der Waals surface area contributed by atoms with E-state index in [1.54, 1.807) is 6.92 Å². The molecule has 2 aliphatic heterocycles. The zero-order chi connectivity index (χ0) is 21.0. The van der Waals surface area contributed by atoms with Crippen LogP contribution in [0.25, 0.3) is 0 Å². The molecular weight excluding hydrogens is 358 g/mol. The summed E-state index contributed by atoms with van der Waals surface area (Å²) in [5.74, 6) is 4.44. The van der Waals surface area contributed by atoms with Gasteiger partial charge in [-0.2, -0.15) is 0 Å². The highest BCUT2D eigenvalue weighted by atomic mass is 16.2. The maximum atomic E-state index is 11.6. The third-order valence-corrected chi connectivity index (χ3v) is 7.81. The fourth-order valence-corrected chi connectivity index (χ4v) is 6.28. The molecule has 1 amide bonds. The quantitative estimate of drug-likeness (QED) is 0.736. The topological polar surface area (TPSA) is 36.4 Å². The zero-order valence-electron chi connectivity index (χ0n) is 19.2. The number of aromatic nitrogens is 1. The molecule has 0 aromatic carbocycles. The van der Waals surface area contributed by atoms with Crippen molar-refractivity contribution in [1.29, 1.82) is 0 Å². The van der Waals surface area contributed by atoms with Crippen LogP contribution in [0.5, 0.6) is 0 Å². The Morgan fingerprint density at radius 2 is 1.79 bits per heavy atom. The van der Waals surface area contributed by atoms with Gasteiger partial charge in [0.05, 0.1) is 0 Å². The molecular formula is C25H39N3O. The molecule has 2 saturated heterocycles. The first-order valence-corrected chi connectivity index (χ1v) is 11.5. The zero-order valence-corrected chi connectivity index (χ0v) is 19.2. The van der Waals surface area contributed by atoms with Crippen molar-refractivity contribution in [1.82, 2.24) is 9.88 Å². The summed E-state index contributed by atoms with van der Waals surface area (Å²) in [4.78, 5) is 21.0. The van der Waals surface area contributed by atoms with E-state index < -0.39 is 0 Å². The molecule has 2 unspecified atom stereocenters. The van der Waals surface area contributed by atoms with Crippen LogP contribution in [0.1, 0.15) is 66.4 Å². The molecule has 1 aromatic rings. The first-order chi connectivity index (χ1) is 13.6. The van der Waals surface area contributed by atoms with Crippen LogP contribution in [0, 0.1) is 29.1 Å². The Bertz CT molecular complexity index is 736. The lowest BCUT2D eigenvalue weighted by Gasteiger charge is -2.39. The normalized spacial score (nSPS) is 29.7. The Balaban J connectivity index is 1.35. The predicted molar refractivity (Wildman–Crippen MR) is 119 cm³/mol. The van der Waals surface area contributed by atoms with Gasteiger partial charge in [0.25, 0.3) is 0 Å². The Morgan fingerprint density at radius 3 is 2.34 bits per heavy atom. The van der Waals surface area contributed by atoms with Gasteiger partial charge in [0.2, 0.25) is 5.91 Å². The fraction of sp³-hybridized carbons (Fsp3) is 0.760. The number of nitrogens with zero attached hydrogens (tertiary/aromatic N) is 3. The van der Waals surface area contributed by atoms with Crippen LogP contribution in [-0.4, -0.2) is 42.0 Å².